The number of aryl methyl sites for hydroxylation is 2. The molecule has 9 nitrogen and oxygen atoms in total. The maximum Gasteiger partial charge on any atom is 0.376 e. The van der Waals surface area contributed by atoms with Gasteiger partial charge in [0.15, 0.2) is 13.2 Å². The molecule has 4 heterocycles. The highest BCUT2D eigenvalue weighted by Crippen LogP contribution is 2.34. The van der Waals surface area contributed by atoms with Gasteiger partial charge in [-0.25, -0.2) is 0 Å². The van der Waals surface area contributed by atoms with Gasteiger partial charge < -0.3 is 34.4 Å². The molecule has 6 rings (SSSR count). The molecule has 2 aromatic carbocycles. The Bertz CT molecular complexity index is 1270. The minimum Gasteiger partial charge on any atom is -0.482 e. The van der Waals surface area contributed by atoms with Gasteiger partial charge in [0, 0.05) is 14.1 Å². The van der Waals surface area contributed by atoms with Crippen LogP contribution in [0.4, 0.5) is 11.4 Å². The molecule has 248 valence electrons. The number of nitrogens with one attached hydrogen (secondary N) is 1. The van der Waals surface area contributed by atoms with E-state index in [0.29, 0.717) is 0 Å². The number of amides is 2. The Kier molecular flexibility index (Phi) is 14.3. The molecule has 2 amide bonds. The van der Waals surface area contributed by atoms with Crippen LogP contribution in [0.1, 0.15) is 49.7 Å². The molecule has 45 heavy (non-hydrogen) atoms. The molecule has 2 N–H and O–H groups in total. The van der Waals surface area contributed by atoms with Crippen molar-refractivity contribution in [2.75, 3.05) is 63.3 Å². The van der Waals surface area contributed by atoms with E-state index in [0.717, 1.165) is 93.0 Å². The van der Waals surface area contributed by atoms with E-state index < -0.39 is 0 Å². The summed E-state index contributed by atoms with van der Waals surface area (Å²) in [5, 5.41) is 13.0. The number of ether oxygens (including phenoxy) is 2. The number of likely N-dealkylation sites (N-methyl/N-ethyl adjacent to an activating group) is 2. The fourth-order valence-electron chi connectivity index (χ4n) is 6.47. The van der Waals surface area contributed by atoms with Gasteiger partial charge in [-0.2, -0.15) is 0 Å². The van der Waals surface area contributed by atoms with Gasteiger partial charge in [0.05, 0.1) is 11.4 Å². The van der Waals surface area contributed by atoms with E-state index in [4.69, 9.17) is 9.47 Å². The van der Waals surface area contributed by atoms with Crippen LogP contribution in [-0.4, -0.2) is 82.2 Å². The second-order valence-corrected chi connectivity index (χ2v) is 12.5. The zero-order chi connectivity index (χ0) is 30.3. The first-order chi connectivity index (χ1) is 20.8. The molecule has 2 saturated heterocycles. The predicted molar refractivity (Wildman–Crippen MR) is 186 cm³/mol. The number of piperidine rings is 2. The highest BCUT2D eigenvalue weighted by atomic mass is 35.5. The Morgan fingerprint density at radius 3 is 1.67 bits per heavy atom. The van der Waals surface area contributed by atoms with Gasteiger partial charge in [-0.1, -0.05) is 12.1 Å². The van der Waals surface area contributed by atoms with Crippen LogP contribution in [0.5, 0.6) is 11.5 Å². The van der Waals surface area contributed by atoms with Crippen LogP contribution in [0.15, 0.2) is 36.4 Å². The molecular formula is C33H49BCl2N4O5. The molecule has 12 heteroatoms. The van der Waals surface area contributed by atoms with Gasteiger partial charge in [0.25, 0.3) is 11.8 Å². The van der Waals surface area contributed by atoms with Crippen molar-refractivity contribution in [1.82, 2.24) is 10.1 Å². The first-order valence-electron chi connectivity index (χ1n) is 16.0. The van der Waals surface area contributed by atoms with Crippen molar-refractivity contribution in [2.45, 2.75) is 58.2 Å². The lowest BCUT2D eigenvalue weighted by atomic mass is 9.80. The molecule has 4 aliphatic heterocycles. The maximum atomic E-state index is 11.7. The summed E-state index contributed by atoms with van der Waals surface area (Å²) < 4.78 is 10.9. The number of benzene rings is 2. The number of carbonyl (C=O) groups is 2. The lowest BCUT2D eigenvalue weighted by molar-refractivity contribution is -0.121. The Hall–Kier alpha value is -2.50. The quantitative estimate of drug-likeness (QED) is 0.418. The van der Waals surface area contributed by atoms with E-state index in [1.54, 1.807) is 16.8 Å². The highest BCUT2D eigenvalue weighted by Gasteiger charge is 2.25. The molecule has 0 aliphatic carbocycles. The van der Waals surface area contributed by atoms with Crippen molar-refractivity contribution in [1.29, 1.82) is 0 Å². The Morgan fingerprint density at radius 2 is 1.22 bits per heavy atom. The van der Waals surface area contributed by atoms with Gasteiger partial charge in [0.2, 0.25) is 0 Å². The SMILES string of the molecule is CB(O)N1CCC(CCc2ccc3c(c2)N(C)C(=O)CO3)CC1.CN1C(=O)COc2ccc(CCC3CCNCC3)cc21.Cl.Cl. The van der Waals surface area contributed by atoms with E-state index in [1.807, 2.05) is 26.0 Å². The van der Waals surface area contributed by atoms with Crippen molar-refractivity contribution < 1.29 is 24.1 Å². The minimum atomic E-state index is -0.329. The molecule has 0 spiro atoms. The molecule has 4 aliphatic rings. The number of hydrogen-bond acceptors (Lipinski definition) is 7. The van der Waals surface area contributed by atoms with Crippen molar-refractivity contribution in [3.63, 3.8) is 0 Å². The average Bonchev–Trinajstić information content (AvgIpc) is 3.04. The molecule has 2 fully saturated rings. The number of halogens is 2. The summed E-state index contributed by atoms with van der Waals surface area (Å²) in [4.78, 5) is 28.9. The highest BCUT2D eigenvalue weighted by molar-refractivity contribution is 6.45. The third-order valence-electron chi connectivity index (χ3n) is 9.54. The molecule has 0 aromatic heterocycles. The summed E-state index contributed by atoms with van der Waals surface area (Å²) in [6.45, 7) is 6.39. The van der Waals surface area contributed by atoms with Gasteiger partial charge in [-0.3, -0.25) is 9.59 Å². The zero-order valence-corrected chi connectivity index (χ0v) is 28.5. The summed E-state index contributed by atoms with van der Waals surface area (Å²) in [6.07, 6.45) is 9.37. The molecule has 0 unspecified atom stereocenters. The number of fused-ring (bicyclic) bond motifs is 2. The average molecular weight is 663 g/mol. The molecule has 0 radical (unpaired) electrons. The lowest BCUT2D eigenvalue weighted by Gasteiger charge is -2.32. The first kappa shape index (κ1) is 37.0. The van der Waals surface area contributed by atoms with E-state index in [2.05, 4.69) is 34.4 Å². The summed E-state index contributed by atoms with van der Waals surface area (Å²) in [5.74, 6) is 3.19. The van der Waals surface area contributed by atoms with Gasteiger partial charge in [0.1, 0.15) is 11.5 Å². The summed E-state index contributed by atoms with van der Waals surface area (Å²) >= 11 is 0. The number of nitrogens with zero attached hydrogens (tertiary/aromatic N) is 3. The van der Waals surface area contributed by atoms with Crippen LogP contribution >= 0.6 is 24.8 Å². The minimum absolute atomic E-state index is 0. The van der Waals surface area contributed by atoms with Gasteiger partial charge >= 0.3 is 7.05 Å². The van der Waals surface area contributed by atoms with Crippen molar-refractivity contribution in [3.05, 3.63) is 47.5 Å². The number of carbonyl (C=O) groups excluding carboxylic acids is 2. The molecule has 2 aromatic rings. The van der Waals surface area contributed by atoms with Crippen LogP contribution in [-0.2, 0) is 22.4 Å². The van der Waals surface area contributed by atoms with Gasteiger partial charge in [-0.05, 0) is 132 Å². The second kappa shape index (κ2) is 17.4. The number of rotatable bonds is 7. The Labute approximate surface area is 280 Å². The van der Waals surface area contributed by atoms with Crippen LogP contribution in [0.25, 0.3) is 0 Å². The Balaban J connectivity index is 0.000000237. The topological polar surface area (TPSA) is 94.6 Å². The van der Waals surface area contributed by atoms with Crippen molar-refractivity contribution >= 4 is 55.1 Å². The second-order valence-electron chi connectivity index (χ2n) is 12.5. The summed E-state index contributed by atoms with van der Waals surface area (Å²) in [7, 11) is 3.30. The van der Waals surface area contributed by atoms with Crippen molar-refractivity contribution in [3.8, 4) is 11.5 Å². The summed E-state index contributed by atoms with van der Waals surface area (Å²) in [6, 6.07) is 12.4. The third-order valence-corrected chi connectivity index (χ3v) is 9.54. The molecule has 0 atom stereocenters. The molecule has 0 bridgehead atoms. The van der Waals surface area contributed by atoms with Crippen LogP contribution < -0.4 is 24.6 Å². The number of anilines is 2. The normalized spacial score (nSPS) is 18.7. The van der Waals surface area contributed by atoms with Crippen LogP contribution in [0, 0.1) is 11.8 Å². The van der Waals surface area contributed by atoms with E-state index >= 15 is 0 Å². The fraction of sp³-hybridized carbons (Fsp3) is 0.576. The summed E-state index contributed by atoms with van der Waals surface area (Å²) in [5.41, 5.74) is 4.34. The van der Waals surface area contributed by atoms with E-state index in [9.17, 15) is 14.6 Å². The lowest BCUT2D eigenvalue weighted by Crippen LogP contribution is -2.42. The maximum absolute atomic E-state index is 11.7. The largest absolute Gasteiger partial charge is 0.482 e. The standard InChI is InChI=1S/C17H25BN2O3.C16H22N2O2.2ClH/c1-18(22)20-9-7-13(8-10-20)3-4-14-5-6-16-15(11-14)19(2)17(21)12-23-16;1-18-14-10-13(3-2-12-6-8-17-9-7-12)4-5-15(14)20-11-16(18)19;;/h5-6,11,13,22H,3-4,7-10,12H2,1-2H3;4-5,10,12,17H,2-3,6-9,11H2,1H3;2*1H. The zero-order valence-electron chi connectivity index (χ0n) is 26.8. The monoisotopic (exact) mass is 662 g/mol. The number of hydrogen-bond donors (Lipinski definition) is 2. The van der Waals surface area contributed by atoms with Gasteiger partial charge in [-0.15, -0.1) is 24.8 Å². The molecule has 0 saturated carbocycles. The third kappa shape index (κ3) is 9.75. The van der Waals surface area contributed by atoms with Crippen molar-refractivity contribution in [2.24, 2.45) is 11.8 Å². The predicted octanol–water partition coefficient (Wildman–Crippen LogP) is 4.61. The smallest absolute Gasteiger partial charge is 0.376 e. The van der Waals surface area contributed by atoms with Crippen LogP contribution in [0.3, 0.4) is 0 Å². The fourth-order valence-corrected chi connectivity index (χ4v) is 6.47. The van der Waals surface area contributed by atoms with Crippen LogP contribution in [0.2, 0.25) is 6.82 Å². The Morgan fingerprint density at radius 1 is 0.778 bits per heavy atom. The molecular weight excluding hydrogens is 614 g/mol. The van der Waals surface area contributed by atoms with E-state index in [1.165, 1.54) is 30.4 Å². The first-order valence-corrected chi connectivity index (χ1v) is 16.0. The van der Waals surface area contributed by atoms with E-state index in [-0.39, 0.29) is 56.9 Å².